The highest BCUT2D eigenvalue weighted by Crippen LogP contribution is 2.33. The highest BCUT2D eigenvalue weighted by molar-refractivity contribution is 14.1. The summed E-state index contributed by atoms with van der Waals surface area (Å²) >= 11 is 8.25. The van der Waals surface area contributed by atoms with Crippen molar-refractivity contribution in [1.29, 1.82) is 0 Å². The number of hydrogen-bond acceptors (Lipinski definition) is 2. The third kappa shape index (κ3) is 2.27. The number of rotatable bonds is 2. The van der Waals surface area contributed by atoms with Gasteiger partial charge in [0.15, 0.2) is 0 Å². The predicted molar refractivity (Wildman–Crippen MR) is 90.2 cm³/mol. The van der Waals surface area contributed by atoms with Gasteiger partial charge in [-0.25, -0.2) is 4.98 Å². The van der Waals surface area contributed by atoms with Crippen molar-refractivity contribution in [3.63, 3.8) is 0 Å². The Kier molecular flexibility index (Phi) is 3.60. The van der Waals surface area contributed by atoms with Crippen LogP contribution in [0.4, 0.5) is 0 Å². The minimum Gasteiger partial charge on any atom is -0.507 e. The number of fused-ring (bicyclic) bond motifs is 1. The standard InChI is InChI=1S/C15H12ClIN2O/c1-2-19-13-5-3-9(16)7-12(13)18-15(19)11-8-10(17)4-6-14(11)20/h3-8,20H,2H2,1H3. The van der Waals surface area contributed by atoms with E-state index in [1.54, 1.807) is 6.07 Å². The Morgan fingerprint density at radius 3 is 2.80 bits per heavy atom. The molecule has 20 heavy (non-hydrogen) atoms. The third-order valence-electron chi connectivity index (χ3n) is 3.23. The van der Waals surface area contributed by atoms with Gasteiger partial charge in [0.25, 0.3) is 0 Å². The fourth-order valence-electron chi connectivity index (χ4n) is 2.32. The van der Waals surface area contributed by atoms with E-state index in [1.165, 1.54) is 0 Å². The molecule has 0 unspecified atom stereocenters. The van der Waals surface area contributed by atoms with Crippen molar-refractivity contribution in [2.45, 2.75) is 13.5 Å². The summed E-state index contributed by atoms with van der Waals surface area (Å²) in [5, 5.41) is 10.8. The van der Waals surface area contributed by atoms with E-state index in [4.69, 9.17) is 11.6 Å². The molecule has 3 rings (SSSR count). The van der Waals surface area contributed by atoms with E-state index in [0.717, 1.165) is 32.5 Å². The first-order chi connectivity index (χ1) is 9.60. The van der Waals surface area contributed by atoms with E-state index in [2.05, 4.69) is 39.1 Å². The molecule has 0 atom stereocenters. The maximum absolute atomic E-state index is 10.1. The lowest BCUT2D eigenvalue weighted by atomic mass is 10.2. The van der Waals surface area contributed by atoms with Crippen LogP contribution in [-0.4, -0.2) is 14.7 Å². The summed E-state index contributed by atoms with van der Waals surface area (Å²) in [7, 11) is 0. The van der Waals surface area contributed by atoms with Crippen molar-refractivity contribution >= 4 is 45.2 Å². The summed E-state index contributed by atoms with van der Waals surface area (Å²) in [6, 6.07) is 11.2. The predicted octanol–water partition coefficient (Wildman–Crippen LogP) is 4.69. The average Bonchev–Trinajstić information content (AvgIpc) is 2.78. The van der Waals surface area contributed by atoms with Crippen molar-refractivity contribution in [2.24, 2.45) is 0 Å². The molecule has 0 bridgehead atoms. The van der Waals surface area contributed by atoms with Gasteiger partial charge in [-0.05, 0) is 65.9 Å². The summed E-state index contributed by atoms with van der Waals surface area (Å²) < 4.78 is 3.14. The van der Waals surface area contributed by atoms with Crippen LogP contribution in [0.2, 0.25) is 5.02 Å². The maximum atomic E-state index is 10.1. The minimum atomic E-state index is 0.238. The van der Waals surface area contributed by atoms with E-state index in [-0.39, 0.29) is 5.75 Å². The Bertz CT molecular complexity index is 798. The number of benzene rings is 2. The summed E-state index contributed by atoms with van der Waals surface area (Å²) in [4.78, 5) is 4.63. The maximum Gasteiger partial charge on any atom is 0.144 e. The summed E-state index contributed by atoms with van der Waals surface area (Å²) in [6.07, 6.45) is 0. The number of phenols is 1. The van der Waals surface area contributed by atoms with Gasteiger partial charge in [0.2, 0.25) is 0 Å². The Hall–Kier alpha value is -1.27. The summed E-state index contributed by atoms with van der Waals surface area (Å²) in [6.45, 7) is 2.84. The highest BCUT2D eigenvalue weighted by atomic mass is 127. The molecule has 0 aliphatic carbocycles. The van der Waals surface area contributed by atoms with Crippen LogP contribution >= 0.6 is 34.2 Å². The van der Waals surface area contributed by atoms with Gasteiger partial charge in [-0.2, -0.15) is 0 Å². The van der Waals surface area contributed by atoms with Crippen LogP contribution in [0.1, 0.15) is 6.92 Å². The van der Waals surface area contributed by atoms with Crippen molar-refractivity contribution < 1.29 is 5.11 Å². The molecule has 1 N–H and O–H groups in total. The molecule has 1 heterocycles. The molecule has 0 aliphatic rings. The first kappa shape index (κ1) is 13.7. The molecular formula is C15H12ClIN2O. The van der Waals surface area contributed by atoms with E-state index >= 15 is 0 Å². The number of phenolic OH excluding ortho intramolecular Hbond substituents is 1. The van der Waals surface area contributed by atoms with Crippen molar-refractivity contribution in [3.8, 4) is 17.1 Å². The molecule has 0 fully saturated rings. The second-order valence-electron chi connectivity index (χ2n) is 4.47. The Labute approximate surface area is 135 Å². The largest absolute Gasteiger partial charge is 0.507 e. The van der Waals surface area contributed by atoms with Crippen LogP contribution in [0.25, 0.3) is 22.4 Å². The fraction of sp³-hybridized carbons (Fsp3) is 0.133. The lowest BCUT2D eigenvalue weighted by Gasteiger charge is -2.08. The molecule has 0 saturated carbocycles. The van der Waals surface area contributed by atoms with Crippen LogP contribution in [0.3, 0.4) is 0 Å². The zero-order valence-electron chi connectivity index (χ0n) is 10.8. The number of nitrogens with zero attached hydrogens (tertiary/aromatic N) is 2. The van der Waals surface area contributed by atoms with E-state index < -0.39 is 0 Å². The van der Waals surface area contributed by atoms with Gasteiger partial charge >= 0.3 is 0 Å². The molecule has 1 aromatic heterocycles. The van der Waals surface area contributed by atoms with Gasteiger partial charge in [0.05, 0.1) is 16.6 Å². The molecule has 0 radical (unpaired) electrons. The van der Waals surface area contributed by atoms with E-state index in [0.29, 0.717) is 5.02 Å². The molecule has 0 spiro atoms. The van der Waals surface area contributed by atoms with Crippen LogP contribution in [0, 0.1) is 3.57 Å². The zero-order chi connectivity index (χ0) is 14.3. The second kappa shape index (κ2) is 5.26. The SMILES string of the molecule is CCn1c(-c2cc(I)ccc2O)nc2cc(Cl)ccc21. The quantitative estimate of drug-likeness (QED) is 0.636. The molecule has 102 valence electrons. The minimum absolute atomic E-state index is 0.238. The van der Waals surface area contributed by atoms with E-state index in [9.17, 15) is 5.11 Å². The number of aromatic nitrogens is 2. The number of hydrogen-bond donors (Lipinski definition) is 1. The molecule has 0 amide bonds. The van der Waals surface area contributed by atoms with Gasteiger partial charge in [0.1, 0.15) is 11.6 Å². The molecule has 2 aromatic carbocycles. The fourth-order valence-corrected chi connectivity index (χ4v) is 2.97. The Balaban J connectivity index is 2.32. The lowest BCUT2D eigenvalue weighted by molar-refractivity contribution is 0.476. The van der Waals surface area contributed by atoms with Crippen LogP contribution in [-0.2, 0) is 6.54 Å². The number of halogens is 2. The van der Waals surface area contributed by atoms with Crippen LogP contribution in [0.5, 0.6) is 5.75 Å². The van der Waals surface area contributed by atoms with Crippen molar-refractivity contribution in [2.75, 3.05) is 0 Å². The number of aryl methyl sites for hydroxylation is 1. The zero-order valence-corrected chi connectivity index (χ0v) is 13.7. The van der Waals surface area contributed by atoms with Gasteiger partial charge in [-0.1, -0.05) is 11.6 Å². The van der Waals surface area contributed by atoms with Crippen molar-refractivity contribution in [3.05, 3.63) is 45.0 Å². The molecule has 0 aliphatic heterocycles. The molecule has 3 nitrogen and oxygen atoms in total. The number of aromatic hydroxyl groups is 1. The molecule has 5 heteroatoms. The smallest absolute Gasteiger partial charge is 0.144 e. The summed E-state index contributed by atoms with van der Waals surface area (Å²) in [5.74, 6) is 1.00. The highest BCUT2D eigenvalue weighted by Gasteiger charge is 2.15. The summed E-state index contributed by atoms with van der Waals surface area (Å²) in [5.41, 5.74) is 2.60. The first-order valence-corrected chi connectivity index (χ1v) is 7.70. The topological polar surface area (TPSA) is 38.0 Å². The average molecular weight is 399 g/mol. The van der Waals surface area contributed by atoms with Gasteiger partial charge in [-0.15, -0.1) is 0 Å². The van der Waals surface area contributed by atoms with E-state index in [1.807, 2.05) is 30.3 Å². The van der Waals surface area contributed by atoms with Crippen LogP contribution in [0.15, 0.2) is 36.4 Å². The first-order valence-electron chi connectivity index (χ1n) is 6.25. The van der Waals surface area contributed by atoms with Gasteiger partial charge in [-0.3, -0.25) is 0 Å². The third-order valence-corrected chi connectivity index (χ3v) is 4.13. The monoisotopic (exact) mass is 398 g/mol. The molecule has 3 aromatic rings. The second-order valence-corrected chi connectivity index (χ2v) is 6.16. The lowest BCUT2D eigenvalue weighted by Crippen LogP contribution is -1.97. The van der Waals surface area contributed by atoms with Crippen molar-refractivity contribution in [1.82, 2.24) is 9.55 Å². The Morgan fingerprint density at radius 1 is 1.25 bits per heavy atom. The normalized spacial score (nSPS) is 11.2. The molecular weight excluding hydrogens is 387 g/mol. The molecule has 0 saturated heterocycles. The van der Waals surface area contributed by atoms with Crippen LogP contribution < -0.4 is 0 Å². The Morgan fingerprint density at radius 2 is 2.05 bits per heavy atom. The van der Waals surface area contributed by atoms with Gasteiger partial charge in [0, 0.05) is 15.1 Å². The van der Waals surface area contributed by atoms with Gasteiger partial charge < -0.3 is 9.67 Å². The number of imidazole rings is 1.